The van der Waals surface area contributed by atoms with Crippen molar-refractivity contribution in [2.45, 2.75) is 6.61 Å². The molecule has 0 bridgehead atoms. The van der Waals surface area contributed by atoms with Crippen LogP contribution in [0.4, 0.5) is 5.82 Å². The van der Waals surface area contributed by atoms with Crippen molar-refractivity contribution in [1.82, 2.24) is 9.55 Å². The third-order valence-electron chi connectivity index (χ3n) is 2.59. The van der Waals surface area contributed by atoms with E-state index in [9.17, 15) is 14.9 Å². The van der Waals surface area contributed by atoms with Crippen molar-refractivity contribution in [3.05, 3.63) is 58.0 Å². The fourth-order valence-corrected chi connectivity index (χ4v) is 1.53. The van der Waals surface area contributed by atoms with E-state index in [2.05, 4.69) is 4.98 Å². The number of aromatic nitrogens is 2. The van der Waals surface area contributed by atoms with Gasteiger partial charge in [0.25, 0.3) is 0 Å². The monoisotopic (exact) mass is 261 g/mol. The predicted octanol–water partition coefficient (Wildman–Crippen LogP) is 1.69. The van der Waals surface area contributed by atoms with Crippen LogP contribution in [-0.2, 0) is 18.4 Å². The van der Waals surface area contributed by atoms with E-state index >= 15 is 0 Å². The molecule has 0 amide bonds. The van der Waals surface area contributed by atoms with Gasteiger partial charge in [0.1, 0.15) is 6.20 Å². The first-order valence-electron chi connectivity index (χ1n) is 5.46. The lowest BCUT2D eigenvalue weighted by molar-refractivity contribution is -0.391. The Bertz CT molecular complexity index is 607. The number of carbonyl (C=O) groups is 1. The Morgan fingerprint density at radius 3 is 2.68 bits per heavy atom. The molecule has 0 N–H and O–H groups in total. The quantitative estimate of drug-likeness (QED) is 0.474. The van der Waals surface area contributed by atoms with E-state index < -0.39 is 10.9 Å². The lowest BCUT2D eigenvalue weighted by atomic mass is 10.2. The predicted molar refractivity (Wildman–Crippen MR) is 65.4 cm³/mol. The minimum Gasteiger partial charge on any atom is -0.452 e. The summed E-state index contributed by atoms with van der Waals surface area (Å²) in [5.41, 5.74) is 0.422. The first kappa shape index (κ1) is 12.7. The van der Waals surface area contributed by atoms with Gasteiger partial charge in [-0.25, -0.2) is 14.3 Å². The molecule has 2 rings (SSSR count). The molecule has 0 unspecified atom stereocenters. The summed E-state index contributed by atoms with van der Waals surface area (Å²) in [5.74, 6) is -0.326. The van der Waals surface area contributed by atoms with Gasteiger partial charge in [-0.2, -0.15) is 0 Å². The standard InChI is InChI=1S/C12H11N3O4/c1-14-10(13-7-11(14)15(17)18)8-19-12(16)9-5-3-2-4-6-9/h2-7H,8H2,1H3. The normalized spacial score (nSPS) is 10.2. The number of benzene rings is 1. The minimum atomic E-state index is -0.546. The van der Waals surface area contributed by atoms with Crippen LogP contribution in [0.15, 0.2) is 36.5 Å². The third-order valence-corrected chi connectivity index (χ3v) is 2.59. The molecule has 1 heterocycles. The molecule has 1 aromatic heterocycles. The largest absolute Gasteiger partial charge is 0.452 e. The number of ether oxygens (including phenoxy) is 1. The lowest BCUT2D eigenvalue weighted by Gasteiger charge is -2.02. The van der Waals surface area contributed by atoms with E-state index in [4.69, 9.17) is 4.74 Å². The van der Waals surface area contributed by atoms with Crippen LogP contribution in [0.5, 0.6) is 0 Å². The first-order chi connectivity index (χ1) is 9.09. The van der Waals surface area contributed by atoms with Gasteiger partial charge in [-0.1, -0.05) is 18.2 Å². The van der Waals surface area contributed by atoms with Gasteiger partial charge < -0.3 is 14.9 Å². The SMILES string of the molecule is Cn1c([N+](=O)[O-])cnc1COC(=O)c1ccccc1. The number of hydrogen-bond acceptors (Lipinski definition) is 5. The maximum absolute atomic E-state index is 11.7. The number of nitrogens with zero attached hydrogens (tertiary/aromatic N) is 3. The van der Waals surface area contributed by atoms with Gasteiger partial charge in [0.15, 0.2) is 6.61 Å². The summed E-state index contributed by atoms with van der Waals surface area (Å²) in [4.78, 5) is 25.6. The molecule has 0 aliphatic carbocycles. The highest BCUT2D eigenvalue weighted by Crippen LogP contribution is 2.13. The van der Waals surface area contributed by atoms with Gasteiger partial charge in [0, 0.05) is 0 Å². The van der Waals surface area contributed by atoms with Crippen molar-refractivity contribution < 1.29 is 14.5 Å². The highest BCUT2D eigenvalue weighted by atomic mass is 16.6. The molecule has 0 fully saturated rings. The van der Waals surface area contributed by atoms with E-state index in [0.29, 0.717) is 11.4 Å². The van der Waals surface area contributed by atoms with Gasteiger partial charge in [-0.3, -0.25) is 0 Å². The zero-order valence-corrected chi connectivity index (χ0v) is 10.1. The van der Waals surface area contributed by atoms with E-state index in [-0.39, 0.29) is 12.4 Å². The summed E-state index contributed by atoms with van der Waals surface area (Å²) in [6, 6.07) is 8.50. The van der Waals surface area contributed by atoms with Crippen LogP contribution in [-0.4, -0.2) is 20.4 Å². The number of esters is 1. The van der Waals surface area contributed by atoms with Crippen LogP contribution in [0.25, 0.3) is 0 Å². The fourth-order valence-electron chi connectivity index (χ4n) is 1.53. The van der Waals surface area contributed by atoms with Crippen molar-refractivity contribution in [3.8, 4) is 0 Å². The molecule has 0 saturated heterocycles. The molecule has 0 aliphatic rings. The first-order valence-corrected chi connectivity index (χ1v) is 5.46. The van der Waals surface area contributed by atoms with Crippen molar-refractivity contribution in [1.29, 1.82) is 0 Å². The molecule has 2 aromatic rings. The van der Waals surface area contributed by atoms with Crippen LogP contribution >= 0.6 is 0 Å². The number of imidazole rings is 1. The average molecular weight is 261 g/mol. The summed E-state index contributed by atoms with van der Waals surface area (Å²) < 4.78 is 6.32. The molecule has 98 valence electrons. The summed E-state index contributed by atoms with van der Waals surface area (Å²) in [6.45, 7) is -0.113. The third kappa shape index (κ3) is 2.76. The number of hydrogen-bond donors (Lipinski definition) is 0. The number of nitro groups is 1. The molecule has 0 radical (unpaired) electrons. The highest BCUT2D eigenvalue weighted by molar-refractivity contribution is 5.89. The Balaban J connectivity index is 2.04. The Morgan fingerprint density at radius 1 is 1.42 bits per heavy atom. The number of rotatable bonds is 4. The van der Waals surface area contributed by atoms with Gasteiger partial charge >= 0.3 is 11.8 Å². The van der Waals surface area contributed by atoms with E-state index in [1.54, 1.807) is 30.3 Å². The van der Waals surface area contributed by atoms with Crippen LogP contribution in [0.1, 0.15) is 16.2 Å². The summed E-state index contributed by atoms with van der Waals surface area (Å²) in [5, 5.41) is 10.6. The highest BCUT2D eigenvalue weighted by Gasteiger charge is 2.18. The minimum absolute atomic E-state index is 0.113. The molecule has 7 nitrogen and oxygen atoms in total. The lowest BCUT2D eigenvalue weighted by Crippen LogP contribution is -2.09. The summed E-state index contributed by atoms with van der Waals surface area (Å²) in [6.07, 6.45) is 1.13. The molecular weight excluding hydrogens is 250 g/mol. The van der Waals surface area contributed by atoms with Crippen molar-refractivity contribution in [3.63, 3.8) is 0 Å². The van der Waals surface area contributed by atoms with E-state index in [1.807, 2.05) is 0 Å². The molecule has 0 aliphatic heterocycles. The van der Waals surface area contributed by atoms with Crippen LogP contribution in [0, 0.1) is 10.1 Å². The summed E-state index contributed by atoms with van der Waals surface area (Å²) >= 11 is 0. The molecule has 7 heteroatoms. The van der Waals surface area contributed by atoms with Crippen LogP contribution in [0.2, 0.25) is 0 Å². The zero-order chi connectivity index (χ0) is 13.8. The average Bonchev–Trinajstić information content (AvgIpc) is 2.78. The molecule has 0 atom stereocenters. The Labute approximate surface area is 108 Å². The molecule has 0 spiro atoms. The molecular formula is C12H11N3O4. The molecule has 19 heavy (non-hydrogen) atoms. The van der Waals surface area contributed by atoms with Crippen LogP contribution in [0.3, 0.4) is 0 Å². The topological polar surface area (TPSA) is 87.3 Å². The Hall–Kier alpha value is -2.70. The van der Waals surface area contributed by atoms with Gasteiger partial charge in [-0.15, -0.1) is 0 Å². The smallest absolute Gasteiger partial charge is 0.342 e. The molecule has 1 aromatic carbocycles. The maximum atomic E-state index is 11.7. The van der Waals surface area contributed by atoms with Crippen molar-refractivity contribution in [2.75, 3.05) is 0 Å². The summed E-state index contributed by atoms with van der Waals surface area (Å²) in [7, 11) is 1.50. The van der Waals surface area contributed by atoms with E-state index in [0.717, 1.165) is 6.20 Å². The zero-order valence-electron chi connectivity index (χ0n) is 10.1. The Kier molecular flexibility index (Phi) is 3.56. The Morgan fingerprint density at radius 2 is 2.11 bits per heavy atom. The molecule has 0 saturated carbocycles. The van der Waals surface area contributed by atoms with Gasteiger partial charge in [0.05, 0.1) is 12.6 Å². The second-order valence-electron chi connectivity index (χ2n) is 3.79. The van der Waals surface area contributed by atoms with Crippen LogP contribution < -0.4 is 0 Å². The van der Waals surface area contributed by atoms with E-state index in [1.165, 1.54) is 11.6 Å². The van der Waals surface area contributed by atoms with Gasteiger partial charge in [0.2, 0.25) is 5.82 Å². The van der Waals surface area contributed by atoms with Crippen molar-refractivity contribution >= 4 is 11.8 Å². The fraction of sp³-hybridized carbons (Fsp3) is 0.167. The number of carbonyl (C=O) groups excluding carboxylic acids is 1. The maximum Gasteiger partial charge on any atom is 0.342 e. The second-order valence-corrected chi connectivity index (χ2v) is 3.79. The van der Waals surface area contributed by atoms with Crippen molar-refractivity contribution in [2.24, 2.45) is 7.05 Å². The van der Waals surface area contributed by atoms with Gasteiger partial charge in [-0.05, 0) is 17.1 Å². The second kappa shape index (κ2) is 5.30.